The van der Waals surface area contributed by atoms with Gasteiger partial charge in [0.15, 0.2) is 0 Å². The van der Waals surface area contributed by atoms with E-state index in [-0.39, 0.29) is 56.4 Å². The molecular formula is C79H137N19O22. The molecule has 1 saturated heterocycles. The Morgan fingerprint density at radius 3 is 1.24 bits per heavy atom. The zero-order valence-electron chi connectivity index (χ0n) is 74.9. The van der Waals surface area contributed by atoms with Crippen molar-refractivity contribution >= 4 is 118 Å². The van der Waals surface area contributed by atoms with Crippen molar-refractivity contribution in [2.75, 3.05) is 19.7 Å². The number of primary amides is 1. The maximum absolute atomic E-state index is 14.4. The lowest BCUT2D eigenvalue weighted by molar-refractivity contribution is -0.146. The number of carboxylic acid groups (broad SMARTS) is 1. The Morgan fingerprint density at radius 1 is 0.408 bits per heavy atom. The highest BCUT2D eigenvalue weighted by Crippen LogP contribution is 2.25. The van der Waals surface area contributed by atoms with E-state index in [0.717, 1.165) is 0 Å². The second-order valence-corrected chi connectivity index (χ2v) is 36.4. The lowest BCUT2D eigenvalue weighted by Gasteiger charge is -2.37. The zero-order chi connectivity index (χ0) is 93.5. The maximum Gasteiger partial charge on any atom is 0.303 e. The Balaban J connectivity index is 3.16. The molecule has 1 aliphatic heterocycles. The quantitative estimate of drug-likeness (QED) is 0.0286. The minimum absolute atomic E-state index is 0.0290. The van der Waals surface area contributed by atoms with Crippen LogP contribution in [0.4, 0.5) is 0 Å². The molecule has 1 rings (SSSR count). The van der Waals surface area contributed by atoms with Crippen LogP contribution in [0.2, 0.25) is 0 Å². The minimum atomic E-state index is -1.90. The number of likely N-dealkylation sites (tertiary alicyclic amines) is 1. The summed E-state index contributed by atoms with van der Waals surface area (Å²) in [6, 6.07) is -10.2. The van der Waals surface area contributed by atoms with Crippen LogP contribution in [0, 0.1) is 17.8 Å². The van der Waals surface area contributed by atoms with E-state index >= 15 is 0 Å². The van der Waals surface area contributed by atoms with Crippen LogP contribution in [0.5, 0.6) is 0 Å². The number of amides is 19. The number of aliphatic carboxylic acids is 1. The first-order valence-electron chi connectivity index (χ1n) is 40.2. The fraction of sp³-hybridized carbons (Fsp3) is 0.747. The molecule has 0 radical (unpaired) electrons. The summed E-state index contributed by atoms with van der Waals surface area (Å²) in [5.74, 6) is -17.7. The maximum atomic E-state index is 14.4. The molecule has 1 fully saturated rings. The van der Waals surface area contributed by atoms with E-state index < -0.39 is 249 Å². The summed E-state index contributed by atoms with van der Waals surface area (Å²) in [5.41, 5.74) is -10.2. The number of aliphatic hydroxyl groups is 1. The van der Waals surface area contributed by atoms with Crippen LogP contribution in [0.1, 0.15) is 245 Å². The molecule has 0 bridgehead atoms. The summed E-state index contributed by atoms with van der Waals surface area (Å²) < 4.78 is 0. The summed E-state index contributed by atoms with van der Waals surface area (Å²) in [6.45, 7) is 37.6. The summed E-state index contributed by atoms with van der Waals surface area (Å²) in [5, 5.41) is 62.4. The third-order valence-corrected chi connectivity index (χ3v) is 19.9. The highest BCUT2D eigenvalue weighted by molar-refractivity contribution is 6.04. The summed E-state index contributed by atoms with van der Waals surface area (Å²) in [4.78, 5) is 271. The van der Waals surface area contributed by atoms with E-state index in [1.54, 1.807) is 48.5 Å². The van der Waals surface area contributed by atoms with Crippen LogP contribution >= 0.6 is 0 Å². The predicted octanol–water partition coefficient (Wildman–Crippen LogP) is -3.14. The first kappa shape index (κ1) is 107. The van der Waals surface area contributed by atoms with Crippen LogP contribution in [0.15, 0.2) is 0 Å². The molecule has 1 aliphatic rings. The lowest BCUT2D eigenvalue weighted by Crippen LogP contribution is -2.67. The van der Waals surface area contributed by atoms with Gasteiger partial charge < -0.3 is 111 Å². The molecular weight excluding hydrogens is 1570 g/mol. The monoisotopic (exact) mass is 1700 g/mol. The van der Waals surface area contributed by atoms with Crippen LogP contribution in [-0.2, 0) is 95.9 Å². The van der Waals surface area contributed by atoms with Crippen molar-refractivity contribution in [2.45, 2.75) is 343 Å². The Hall–Kier alpha value is -10.6. The van der Waals surface area contributed by atoms with Crippen molar-refractivity contribution < 1.29 is 106 Å². The molecule has 120 heavy (non-hydrogen) atoms. The average Bonchev–Trinajstić information content (AvgIpc) is 1.42. The van der Waals surface area contributed by atoms with E-state index in [4.69, 9.17) is 5.73 Å². The largest absolute Gasteiger partial charge is 0.481 e. The molecule has 21 N–H and O–H groups in total. The smallest absolute Gasteiger partial charge is 0.303 e. The van der Waals surface area contributed by atoms with Gasteiger partial charge in [0.05, 0.1) is 19.2 Å². The number of carboxylic acids is 1. The van der Waals surface area contributed by atoms with E-state index in [0.29, 0.717) is 6.42 Å². The van der Waals surface area contributed by atoms with Gasteiger partial charge in [0.2, 0.25) is 112 Å². The predicted molar refractivity (Wildman–Crippen MR) is 439 cm³/mol. The number of hydrogen-bond acceptors (Lipinski definition) is 21. The molecule has 41 heteroatoms. The SMILES string of the molecule is CC[C@@](C)(NC(=O)C(C)(C)NC(=O)[C@H](CC(C)C)NC(=O)[C@@H]1CCCN1C(=O)C(C)(C)NC(=O)C(C)(C)NC(=O)[C@H](C)NC(=O)[C@H](C)NC(=O)C(C)(C)NC(=O)C(C)(C)NC(=O)[C@H](CCC(N)=O)NC(=O)C(C)(C)NC(=O)[C@H](CC(C)C)NC(=O)C(C)(C)NC(=O)CNC(=O)C(C)(C)NC(C)=O)C(=O)N[C@@H](CCC(=O)O)C(=O)NC(CO)C(C)C. The van der Waals surface area contributed by atoms with Crippen molar-refractivity contribution in [2.24, 2.45) is 23.5 Å². The van der Waals surface area contributed by atoms with E-state index in [2.05, 4.69) is 90.4 Å². The van der Waals surface area contributed by atoms with Crippen molar-refractivity contribution in [3.63, 3.8) is 0 Å². The van der Waals surface area contributed by atoms with E-state index in [9.17, 15) is 106 Å². The van der Waals surface area contributed by atoms with Crippen molar-refractivity contribution in [3.05, 3.63) is 0 Å². The number of nitrogens with two attached hydrogens (primary N) is 1. The normalized spacial score (nSPS) is 15.7. The zero-order valence-corrected chi connectivity index (χ0v) is 74.9. The molecule has 680 valence electrons. The van der Waals surface area contributed by atoms with Gasteiger partial charge in [0.1, 0.15) is 92.1 Å². The Morgan fingerprint density at radius 2 is 0.792 bits per heavy atom. The minimum Gasteiger partial charge on any atom is -0.481 e. The topological polar surface area (TPSA) is 616 Å². The first-order chi connectivity index (χ1) is 54.5. The van der Waals surface area contributed by atoms with Gasteiger partial charge in [-0.3, -0.25) is 95.9 Å². The Labute approximate surface area is 702 Å². The molecule has 1 heterocycles. The molecule has 0 spiro atoms. The van der Waals surface area contributed by atoms with Crippen LogP contribution in [0.3, 0.4) is 0 Å². The number of nitrogens with zero attached hydrogens (tertiary/aromatic N) is 1. The van der Waals surface area contributed by atoms with Gasteiger partial charge in [-0.2, -0.15) is 0 Å². The van der Waals surface area contributed by atoms with Crippen molar-refractivity contribution in [1.82, 2.24) is 95.3 Å². The van der Waals surface area contributed by atoms with Gasteiger partial charge in [0, 0.05) is 26.3 Å². The second-order valence-electron chi connectivity index (χ2n) is 36.4. The highest BCUT2D eigenvalue weighted by Gasteiger charge is 2.48. The van der Waals surface area contributed by atoms with E-state index in [1.165, 1.54) is 143 Å². The molecule has 0 saturated carbocycles. The molecule has 0 aromatic rings. The fourth-order valence-corrected chi connectivity index (χ4v) is 11.8. The van der Waals surface area contributed by atoms with Crippen molar-refractivity contribution in [3.8, 4) is 0 Å². The number of carbonyl (C=O) groups is 20. The number of hydrogen-bond donors (Lipinski definition) is 20. The van der Waals surface area contributed by atoms with Gasteiger partial charge in [-0.05, 0) is 194 Å². The summed E-state index contributed by atoms with van der Waals surface area (Å²) in [7, 11) is 0. The van der Waals surface area contributed by atoms with Gasteiger partial charge in [0.25, 0.3) is 0 Å². The van der Waals surface area contributed by atoms with Crippen LogP contribution in [0.25, 0.3) is 0 Å². The van der Waals surface area contributed by atoms with E-state index in [1.807, 2.05) is 0 Å². The third-order valence-electron chi connectivity index (χ3n) is 19.9. The molecule has 41 nitrogen and oxygen atoms in total. The summed E-state index contributed by atoms with van der Waals surface area (Å²) >= 11 is 0. The third kappa shape index (κ3) is 33.5. The van der Waals surface area contributed by atoms with Gasteiger partial charge in [-0.15, -0.1) is 0 Å². The molecule has 19 amide bonds. The number of rotatable bonds is 47. The number of carbonyl (C=O) groups excluding carboxylic acids is 19. The van der Waals surface area contributed by atoms with Crippen LogP contribution in [-0.4, -0.2) is 251 Å². The van der Waals surface area contributed by atoms with Gasteiger partial charge >= 0.3 is 5.97 Å². The Bertz CT molecular complexity index is 3810. The van der Waals surface area contributed by atoms with Crippen molar-refractivity contribution in [1.29, 1.82) is 0 Å². The lowest BCUT2D eigenvalue weighted by atomic mass is 9.93. The molecule has 0 aliphatic carbocycles. The first-order valence-corrected chi connectivity index (χ1v) is 40.2. The second kappa shape index (κ2) is 44.1. The van der Waals surface area contributed by atoms with Gasteiger partial charge in [-0.25, -0.2) is 0 Å². The molecule has 0 aromatic heterocycles. The average molecular weight is 1710 g/mol. The number of aliphatic hydroxyl groups excluding tert-OH is 1. The molecule has 0 aromatic carbocycles. The molecule has 1 unspecified atom stereocenters. The molecule has 9 atom stereocenters. The number of nitrogens with one attached hydrogen (secondary N) is 17. The highest BCUT2D eigenvalue weighted by atomic mass is 16.4. The van der Waals surface area contributed by atoms with Crippen LogP contribution < -0.4 is 96.1 Å². The summed E-state index contributed by atoms with van der Waals surface area (Å²) in [6.07, 6.45) is -1.17. The standard InChI is InChI=1S/C79H137N19O22/c1-28-79(27,69(119)87-46(32-34-54(103)104)57(107)85-50(39-99)42(6)7)97-68(118)77(23,24)94-59(109)48(36-40(2)3)84-61(111)51-30-29-35-98(51)70(120)78(25,26)96-67(117)75(19,20)91-56(106)44(9)82-55(105)43(8)83-63(113)74(17,18)95-66(116)76(21,22)92-58(108)47(31-33-52(80)101)86-65(115)73(15,16)93-60(110)49(37-41(4)5)88-64(114)72(13,14)90-53(102)38-81-62(112)71(11,12)89-45(10)100/h40-44,46-51,99H,28-39H2,1-27H3,(H2,80,101)(H,81,112)(H,82,105)(H,83,113)(H,84,111)(H,85,107)(H,86,115)(H,87,119)(H,88,114)(H,89,100)(H,90,102)(H,91,106)(H,92,108)(H,93,110)(H,94,109)(H,95,116)(H,96,117)(H,97,118)(H,103,104)/t43-,44-,46-,47-,48-,49-,50?,51-,79+/m0/s1. The fourth-order valence-electron chi connectivity index (χ4n) is 11.8. The Kier molecular flexibility index (Phi) is 39.4. The van der Waals surface area contributed by atoms with Gasteiger partial charge in [-0.1, -0.05) is 48.5 Å².